The second kappa shape index (κ2) is 6.52. The molecule has 1 amide bonds. The van der Waals surface area contributed by atoms with Crippen LogP contribution in [0.4, 0.5) is 16.2 Å². The Kier molecular flexibility index (Phi) is 4.25. The molecule has 0 aliphatic rings. The van der Waals surface area contributed by atoms with Gasteiger partial charge in [0.1, 0.15) is 11.3 Å². The lowest BCUT2D eigenvalue weighted by Crippen LogP contribution is -2.11. The number of carbonyl (C=O) groups excluding carboxylic acids is 2. The van der Waals surface area contributed by atoms with Gasteiger partial charge in [-0.1, -0.05) is 12.1 Å². The van der Waals surface area contributed by atoms with E-state index in [0.29, 0.717) is 33.8 Å². The summed E-state index contributed by atoms with van der Waals surface area (Å²) in [7, 11) is 2.61. The molecule has 25 heavy (non-hydrogen) atoms. The summed E-state index contributed by atoms with van der Waals surface area (Å²) in [6.45, 7) is 0. The number of aromatic nitrogens is 2. The number of amides is 1. The Morgan fingerprint density at radius 2 is 1.84 bits per heavy atom. The van der Waals surface area contributed by atoms with Gasteiger partial charge >= 0.3 is 12.1 Å². The summed E-state index contributed by atoms with van der Waals surface area (Å²) in [5, 5.41) is 2.56. The molecule has 0 saturated carbocycles. The van der Waals surface area contributed by atoms with Gasteiger partial charge in [0.25, 0.3) is 0 Å². The molecule has 0 saturated heterocycles. The van der Waals surface area contributed by atoms with Gasteiger partial charge in [0.15, 0.2) is 0 Å². The molecule has 0 aliphatic carbocycles. The number of nitrogens with zero attached hydrogens (tertiary/aromatic N) is 1. The van der Waals surface area contributed by atoms with Crippen LogP contribution in [-0.4, -0.2) is 36.3 Å². The van der Waals surface area contributed by atoms with Crippen LogP contribution >= 0.6 is 0 Å². The van der Waals surface area contributed by atoms with Gasteiger partial charge in [-0.25, -0.2) is 14.6 Å². The van der Waals surface area contributed by atoms with Gasteiger partial charge in [0, 0.05) is 11.3 Å². The summed E-state index contributed by atoms with van der Waals surface area (Å²) >= 11 is 0. The zero-order chi connectivity index (χ0) is 18.0. The number of esters is 1. The molecule has 0 bridgehead atoms. The summed E-state index contributed by atoms with van der Waals surface area (Å²) in [6.07, 6.45) is -0.586. The molecule has 0 spiro atoms. The van der Waals surface area contributed by atoms with E-state index in [2.05, 4.69) is 24.8 Å². The van der Waals surface area contributed by atoms with E-state index >= 15 is 0 Å². The standard InChI is InChI=1S/C17H16N4O4/c1-24-16(22)10-5-3-9(4-6-10)15-20-13-8-11(19-17(23)25-2)7-12(18)14(13)21-15/h3-8H,18H2,1-2H3,(H,19,23)(H,20,21). The van der Waals surface area contributed by atoms with Crippen molar-refractivity contribution in [3.8, 4) is 11.4 Å². The highest BCUT2D eigenvalue weighted by atomic mass is 16.5. The van der Waals surface area contributed by atoms with Crippen molar-refractivity contribution in [3.05, 3.63) is 42.0 Å². The Morgan fingerprint density at radius 1 is 1.12 bits per heavy atom. The number of methoxy groups -OCH3 is 2. The fraction of sp³-hybridized carbons (Fsp3) is 0.118. The van der Waals surface area contributed by atoms with Crippen molar-refractivity contribution in [1.82, 2.24) is 9.97 Å². The maximum Gasteiger partial charge on any atom is 0.411 e. The number of H-pyrrole nitrogens is 1. The molecule has 1 aromatic heterocycles. The average Bonchev–Trinajstić information content (AvgIpc) is 3.05. The first-order chi connectivity index (χ1) is 12.0. The summed E-state index contributed by atoms with van der Waals surface area (Å²) < 4.78 is 9.24. The van der Waals surface area contributed by atoms with E-state index in [1.165, 1.54) is 14.2 Å². The maximum atomic E-state index is 11.5. The first-order valence-corrected chi connectivity index (χ1v) is 7.34. The average molecular weight is 340 g/mol. The maximum absolute atomic E-state index is 11.5. The zero-order valence-electron chi connectivity index (χ0n) is 13.6. The third-order valence-corrected chi connectivity index (χ3v) is 3.63. The Hall–Kier alpha value is -3.55. The molecule has 0 atom stereocenters. The molecule has 8 nitrogen and oxygen atoms in total. The normalized spacial score (nSPS) is 10.5. The Bertz CT molecular complexity index is 947. The summed E-state index contributed by atoms with van der Waals surface area (Å²) in [5.74, 6) is 0.187. The van der Waals surface area contributed by atoms with Crippen LogP contribution in [0.5, 0.6) is 0 Å². The number of nitrogen functional groups attached to an aromatic ring is 1. The Labute approximate surface area is 142 Å². The minimum Gasteiger partial charge on any atom is -0.465 e. The molecule has 3 rings (SSSR count). The topological polar surface area (TPSA) is 119 Å². The summed E-state index contributed by atoms with van der Waals surface area (Å²) in [5.41, 5.74) is 9.40. The Morgan fingerprint density at radius 3 is 2.48 bits per heavy atom. The summed E-state index contributed by atoms with van der Waals surface area (Å²) in [4.78, 5) is 30.4. The van der Waals surface area contributed by atoms with Crippen LogP contribution in [0.25, 0.3) is 22.4 Å². The van der Waals surface area contributed by atoms with E-state index in [1.807, 2.05) is 0 Å². The molecular formula is C17H16N4O4. The number of nitrogens with two attached hydrogens (primary N) is 1. The number of rotatable bonds is 3. The number of ether oxygens (including phenoxy) is 2. The minimum atomic E-state index is -0.586. The van der Waals surface area contributed by atoms with Gasteiger partial charge in [-0.3, -0.25) is 5.32 Å². The van der Waals surface area contributed by atoms with Crippen molar-refractivity contribution in [1.29, 1.82) is 0 Å². The number of nitrogens with one attached hydrogen (secondary N) is 2. The van der Waals surface area contributed by atoms with E-state index < -0.39 is 12.1 Å². The molecule has 0 radical (unpaired) electrons. The molecule has 0 unspecified atom stereocenters. The number of carbonyl (C=O) groups is 2. The number of aromatic amines is 1. The number of fused-ring (bicyclic) bond motifs is 1. The highest BCUT2D eigenvalue weighted by Gasteiger charge is 2.12. The second-order valence-corrected chi connectivity index (χ2v) is 5.23. The number of hydrogen-bond acceptors (Lipinski definition) is 6. The molecule has 2 aromatic carbocycles. The van der Waals surface area contributed by atoms with Crippen LogP contribution in [0.2, 0.25) is 0 Å². The van der Waals surface area contributed by atoms with Crippen molar-refractivity contribution < 1.29 is 19.1 Å². The van der Waals surface area contributed by atoms with Crippen LogP contribution in [-0.2, 0) is 9.47 Å². The van der Waals surface area contributed by atoms with Gasteiger partial charge in [-0.2, -0.15) is 0 Å². The molecule has 8 heteroatoms. The van der Waals surface area contributed by atoms with E-state index in [1.54, 1.807) is 36.4 Å². The SMILES string of the molecule is COC(=O)Nc1cc(N)c2nc(-c3ccc(C(=O)OC)cc3)[nH]c2c1. The van der Waals surface area contributed by atoms with Crippen LogP contribution < -0.4 is 11.1 Å². The van der Waals surface area contributed by atoms with Gasteiger partial charge in [0.2, 0.25) is 0 Å². The van der Waals surface area contributed by atoms with Crippen molar-refractivity contribution >= 4 is 34.5 Å². The van der Waals surface area contributed by atoms with Crippen molar-refractivity contribution in [2.75, 3.05) is 25.3 Å². The van der Waals surface area contributed by atoms with Gasteiger partial charge in [-0.15, -0.1) is 0 Å². The number of benzene rings is 2. The fourth-order valence-corrected chi connectivity index (χ4v) is 2.40. The zero-order valence-corrected chi connectivity index (χ0v) is 13.6. The second-order valence-electron chi connectivity index (χ2n) is 5.23. The number of imidazole rings is 1. The van der Waals surface area contributed by atoms with Gasteiger partial charge < -0.3 is 20.2 Å². The molecule has 4 N–H and O–H groups in total. The van der Waals surface area contributed by atoms with Crippen molar-refractivity contribution in [2.24, 2.45) is 0 Å². The lowest BCUT2D eigenvalue weighted by molar-refractivity contribution is 0.0600. The van der Waals surface area contributed by atoms with Crippen molar-refractivity contribution in [3.63, 3.8) is 0 Å². The van der Waals surface area contributed by atoms with Gasteiger partial charge in [-0.05, 0) is 24.3 Å². The third kappa shape index (κ3) is 3.23. The Balaban J connectivity index is 1.96. The van der Waals surface area contributed by atoms with Crippen molar-refractivity contribution in [2.45, 2.75) is 0 Å². The van der Waals surface area contributed by atoms with Crippen LogP contribution in [0.1, 0.15) is 10.4 Å². The van der Waals surface area contributed by atoms with E-state index in [9.17, 15) is 9.59 Å². The molecule has 1 heterocycles. The van der Waals surface area contributed by atoms with E-state index in [4.69, 9.17) is 5.73 Å². The molecule has 3 aromatic rings. The third-order valence-electron chi connectivity index (χ3n) is 3.63. The highest BCUT2D eigenvalue weighted by Crippen LogP contribution is 2.28. The minimum absolute atomic E-state index is 0.404. The first kappa shape index (κ1) is 16.3. The molecule has 0 aliphatic heterocycles. The summed E-state index contributed by atoms with van der Waals surface area (Å²) in [6, 6.07) is 10.1. The predicted octanol–water partition coefficient (Wildman–Crippen LogP) is 2.78. The van der Waals surface area contributed by atoms with Crippen LogP contribution in [0.3, 0.4) is 0 Å². The van der Waals surface area contributed by atoms with Gasteiger partial charge in [0.05, 0.1) is 31.0 Å². The van der Waals surface area contributed by atoms with Crippen LogP contribution in [0, 0.1) is 0 Å². The van der Waals surface area contributed by atoms with E-state index in [0.717, 1.165) is 5.56 Å². The molecular weight excluding hydrogens is 324 g/mol. The molecule has 0 fully saturated rings. The smallest absolute Gasteiger partial charge is 0.411 e. The monoisotopic (exact) mass is 340 g/mol. The number of hydrogen-bond donors (Lipinski definition) is 3. The predicted molar refractivity (Wildman–Crippen MR) is 93.3 cm³/mol. The lowest BCUT2D eigenvalue weighted by atomic mass is 10.1. The largest absolute Gasteiger partial charge is 0.465 e. The first-order valence-electron chi connectivity index (χ1n) is 7.34. The van der Waals surface area contributed by atoms with Crippen LogP contribution in [0.15, 0.2) is 36.4 Å². The molecule has 128 valence electrons. The number of anilines is 2. The lowest BCUT2D eigenvalue weighted by Gasteiger charge is -2.04. The highest BCUT2D eigenvalue weighted by molar-refractivity contribution is 5.96. The quantitative estimate of drug-likeness (QED) is 0.498. The fourth-order valence-electron chi connectivity index (χ4n) is 2.40. The van der Waals surface area contributed by atoms with E-state index in [-0.39, 0.29) is 0 Å².